The van der Waals surface area contributed by atoms with Gasteiger partial charge in [0.2, 0.25) is 5.91 Å². The Labute approximate surface area is 133 Å². The van der Waals surface area contributed by atoms with Gasteiger partial charge in [0.15, 0.2) is 0 Å². The Kier molecular flexibility index (Phi) is 7.08. The molecule has 0 heterocycles. The molecule has 1 aromatic rings. The number of hydrazone groups is 1. The molecule has 1 atom stereocenters. The molecule has 0 bridgehead atoms. The van der Waals surface area contributed by atoms with E-state index in [1.54, 1.807) is 25.1 Å². The molecule has 0 saturated heterocycles. The monoisotopic (exact) mass is 353 g/mol. The van der Waals surface area contributed by atoms with Crippen LogP contribution in [-0.2, 0) is 4.79 Å². The van der Waals surface area contributed by atoms with Gasteiger partial charge in [-0.05, 0) is 38.5 Å². The molecule has 5 nitrogen and oxygen atoms in total. The van der Waals surface area contributed by atoms with E-state index in [4.69, 9.17) is 0 Å². The van der Waals surface area contributed by atoms with Crippen LogP contribution in [0.5, 0.6) is 0 Å². The molecular weight excluding hydrogens is 334 g/mol. The lowest BCUT2D eigenvalue weighted by Gasteiger charge is -2.11. The molecule has 0 aliphatic heterocycles. The zero-order valence-electron chi connectivity index (χ0n) is 12.4. The average Bonchev–Trinajstić information content (AvgIpc) is 2.44. The first-order valence-corrected chi connectivity index (χ1v) is 7.60. The summed E-state index contributed by atoms with van der Waals surface area (Å²) < 4.78 is 0.823. The maximum absolute atomic E-state index is 11.9. The summed E-state index contributed by atoms with van der Waals surface area (Å²) in [5.41, 5.74) is 3.51. The summed E-state index contributed by atoms with van der Waals surface area (Å²) >= 11 is 3.30. The third kappa shape index (κ3) is 6.53. The minimum Gasteiger partial charge on any atom is -0.353 e. The Hall–Kier alpha value is -1.69. The highest BCUT2D eigenvalue weighted by atomic mass is 79.9. The first kappa shape index (κ1) is 17.4. The molecule has 0 unspecified atom stereocenters. The molecule has 2 amide bonds. The van der Waals surface area contributed by atoms with Gasteiger partial charge in [-0.25, -0.2) is 5.43 Å². The van der Waals surface area contributed by atoms with E-state index in [9.17, 15) is 9.59 Å². The van der Waals surface area contributed by atoms with E-state index >= 15 is 0 Å². The van der Waals surface area contributed by atoms with Crippen molar-refractivity contribution in [3.63, 3.8) is 0 Å². The van der Waals surface area contributed by atoms with Crippen LogP contribution in [0.25, 0.3) is 0 Å². The van der Waals surface area contributed by atoms with Crippen molar-refractivity contribution >= 4 is 33.5 Å². The van der Waals surface area contributed by atoms with E-state index in [0.29, 0.717) is 11.3 Å². The van der Waals surface area contributed by atoms with Crippen molar-refractivity contribution in [1.82, 2.24) is 10.7 Å². The Morgan fingerprint density at radius 2 is 2.10 bits per heavy atom. The van der Waals surface area contributed by atoms with Crippen molar-refractivity contribution < 1.29 is 9.59 Å². The topological polar surface area (TPSA) is 70.6 Å². The number of nitrogens with zero attached hydrogens (tertiary/aromatic N) is 1. The fraction of sp³-hybridized carbons (Fsp3) is 0.400. The number of amides is 2. The Balaban J connectivity index is 2.52. The molecular formula is C15H20BrN3O2. The van der Waals surface area contributed by atoms with Gasteiger partial charge in [-0.2, -0.15) is 5.10 Å². The quantitative estimate of drug-likeness (QED) is 0.609. The largest absolute Gasteiger partial charge is 0.353 e. The van der Waals surface area contributed by atoms with Crippen LogP contribution < -0.4 is 10.7 Å². The molecule has 1 rings (SSSR count). The predicted octanol–water partition coefficient (Wildman–Crippen LogP) is 2.86. The summed E-state index contributed by atoms with van der Waals surface area (Å²) in [6.45, 7) is 5.65. The fourth-order valence-corrected chi connectivity index (χ4v) is 1.94. The molecule has 0 aliphatic rings. The molecule has 0 radical (unpaired) electrons. The van der Waals surface area contributed by atoms with E-state index in [1.807, 2.05) is 19.9 Å². The SMILES string of the molecule is CC[C@@H](C)NC(=O)CC(C)=NNC(=O)c1cccc(Br)c1. The predicted molar refractivity (Wildman–Crippen MR) is 87.2 cm³/mol. The van der Waals surface area contributed by atoms with Crippen LogP contribution in [0.3, 0.4) is 0 Å². The lowest BCUT2D eigenvalue weighted by atomic mass is 10.2. The van der Waals surface area contributed by atoms with Crippen molar-refractivity contribution in [3.05, 3.63) is 34.3 Å². The average molecular weight is 354 g/mol. The van der Waals surface area contributed by atoms with Gasteiger partial charge in [-0.1, -0.05) is 28.9 Å². The summed E-state index contributed by atoms with van der Waals surface area (Å²) in [4.78, 5) is 23.5. The van der Waals surface area contributed by atoms with Gasteiger partial charge in [-0.15, -0.1) is 0 Å². The van der Waals surface area contributed by atoms with Gasteiger partial charge >= 0.3 is 0 Å². The number of hydrogen-bond acceptors (Lipinski definition) is 3. The lowest BCUT2D eigenvalue weighted by Crippen LogP contribution is -2.33. The maximum atomic E-state index is 11.9. The minimum atomic E-state index is -0.307. The number of nitrogens with one attached hydrogen (secondary N) is 2. The highest BCUT2D eigenvalue weighted by molar-refractivity contribution is 9.10. The second-order valence-electron chi connectivity index (χ2n) is 4.85. The summed E-state index contributed by atoms with van der Waals surface area (Å²) in [6, 6.07) is 7.15. The minimum absolute atomic E-state index is 0.0951. The summed E-state index contributed by atoms with van der Waals surface area (Å²) in [5, 5.41) is 6.79. The number of rotatable bonds is 6. The Morgan fingerprint density at radius 3 is 2.71 bits per heavy atom. The van der Waals surface area contributed by atoms with E-state index < -0.39 is 0 Å². The third-order valence-electron chi connectivity index (χ3n) is 2.87. The molecule has 0 fully saturated rings. The molecule has 0 spiro atoms. The lowest BCUT2D eigenvalue weighted by molar-refractivity contribution is -0.120. The van der Waals surface area contributed by atoms with E-state index in [1.165, 1.54) is 0 Å². The molecule has 0 aromatic heterocycles. The third-order valence-corrected chi connectivity index (χ3v) is 3.36. The van der Waals surface area contributed by atoms with E-state index in [-0.39, 0.29) is 24.3 Å². The van der Waals surface area contributed by atoms with Crippen LogP contribution in [-0.4, -0.2) is 23.6 Å². The zero-order chi connectivity index (χ0) is 15.8. The molecule has 2 N–H and O–H groups in total. The Morgan fingerprint density at radius 1 is 1.38 bits per heavy atom. The van der Waals surface area contributed by atoms with Crippen LogP contribution >= 0.6 is 15.9 Å². The van der Waals surface area contributed by atoms with Gasteiger partial charge in [-0.3, -0.25) is 9.59 Å². The molecule has 0 aliphatic carbocycles. The van der Waals surface area contributed by atoms with E-state index in [0.717, 1.165) is 10.9 Å². The zero-order valence-corrected chi connectivity index (χ0v) is 14.0. The van der Waals surface area contributed by atoms with Crippen molar-refractivity contribution in [2.45, 2.75) is 39.7 Å². The van der Waals surface area contributed by atoms with Crippen LogP contribution in [0.1, 0.15) is 44.0 Å². The molecule has 1 aromatic carbocycles. The molecule has 114 valence electrons. The number of benzene rings is 1. The number of carbonyl (C=O) groups is 2. The highest BCUT2D eigenvalue weighted by Gasteiger charge is 2.08. The van der Waals surface area contributed by atoms with Gasteiger partial charge in [0.25, 0.3) is 5.91 Å². The number of carbonyl (C=O) groups excluding carboxylic acids is 2. The van der Waals surface area contributed by atoms with Crippen molar-refractivity contribution in [3.8, 4) is 0 Å². The van der Waals surface area contributed by atoms with Crippen LogP contribution in [0.15, 0.2) is 33.8 Å². The maximum Gasteiger partial charge on any atom is 0.271 e. The summed E-state index contributed by atoms with van der Waals surface area (Å²) in [6.07, 6.45) is 1.05. The summed E-state index contributed by atoms with van der Waals surface area (Å²) in [5.74, 6) is -0.403. The number of hydrogen-bond donors (Lipinski definition) is 2. The van der Waals surface area contributed by atoms with Crippen LogP contribution in [0.2, 0.25) is 0 Å². The first-order valence-electron chi connectivity index (χ1n) is 6.80. The Bertz CT molecular complexity index is 543. The van der Waals surface area contributed by atoms with E-state index in [2.05, 4.69) is 31.8 Å². The van der Waals surface area contributed by atoms with Crippen LogP contribution in [0, 0.1) is 0 Å². The second kappa shape index (κ2) is 8.56. The normalized spacial score (nSPS) is 12.7. The van der Waals surface area contributed by atoms with Gasteiger partial charge in [0.1, 0.15) is 0 Å². The second-order valence-corrected chi connectivity index (χ2v) is 5.77. The van der Waals surface area contributed by atoms with Crippen molar-refractivity contribution in [2.24, 2.45) is 5.10 Å². The number of halogens is 1. The fourth-order valence-electron chi connectivity index (χ4n) is 1.54. The molecule has 21 heavy (non-hydrogen) atoms. The van der Waals surface area contributed by atoms with Crippen LogP contribution in [0.4, 0.5) is 0 Å². The smallest absolute Gasteiger partial charge is 0.271 e. The molecule has 6 heteroatoms. The van der Waals surface area contributed by atoms with Crippen molar-refractivity contribution in [1.29, 1.82) is 0 Å². The standard InChI is InChI=1S/C15H20BrN3O2/c1-4-10(2)17-14(20)8-11(3)18-19-15(21)12-6-5-7-13(16)9-12/h5-7,9-10H,4,8H2,1-3H3,(H,17,20)(H,19,21)/t10-/m1/s1. The van der Waals surface area contributed by atoms with Gasteiger partial charge < -0.3 is 5.32 Å². The van der Waals surface area contributed by atoms with Crippen molar-refractivity contribution in [2.75, 3.05) is 0 Å². The highest BCUT2D eigenvalue weighted by Crippen LogP contribution is 2.11. The van der Waals surface area contributed by atoms with Gasteiger partial charge in [0.05, 0.1) is 6.42 Å². The summed E-state index contributed by atoms with van der Waals surface area (Å²) in [7, 11) is 0. The first-order chi connectivity index (χ1) is 9.92. The van der Waals surface area contributed by atoms with Gasteiger partial charge in [0, 0.05) is 21.8 Å². The molecule has 0 saturated carbocycles.